The molecule has 4 nitrogen and oxygen atoms in total. The Balaban J connectivity index is 1.77. The highest BCUT2D eigenvalue weighted by Gasteiger charge is 2.28. The number of hydrogen-bond donors (Lipinski definition) is 2. The van der Waals surface area contributed by atoms with Crippen LogP contribution in [0.3, 0.4) is 0 Å². The lowest BCUT2D eigenvalue weighted by Crippen LogP contribution is -2.46. The molecular weight excluding hydrogens is 216 g/mol. The molecule has 0 radical (unpaired) electrons. The first kappa shape index (κ1) is 12.4. The molecule has 0 aromatic carbocycles. The van der Waals surface area contributed by atoms with E-state index in [4.69, 9.17) is 0 Å². The second-order valence-electron chi connectivity index (χ2n) is 5.38. The van der Waals surface area contributed by atoms with Gasteiger partial charge in [0.1, 0.15) is 0 Å². The summed E-state index contributed by atoms with van der Waals surface area (Å²) < 4.78 is 0. The zero-order valence-electron chi connectivity index (χ0n) is 10.5. The highest BCUT2D eigenvalue weighted by Crippen LogP contribution is 2.27. The zero-order chi connectivity index (χ0) is 12.3. The average Bonchev–Trinajstić information content (AvgIpc) is 2.83. The van der Waals surface area contributed by atoms with E-state index in [1.807, 2.05) is 0 Å². The van der Waals surface area contributed by atoms with E-state index in [1.165, 1.54) is 25.7 Å². The SMILES string of the molecule is CC(NC(=O)C1CCC(=O)NC1)C1CCCC1. The number of carbonyl (C=O) groups excluding carboxylic acids is 2. The quantitative estimate of drug-likeness (QED) is 0.776. The van der Waals surface area contributed by atoms with E-state index in [2.05, 4.69) is 17.6 Å². The summed E-state index contributed by atoms with van der Waals surface area (Å²) in [7, 11) is 0. The molecule has 4 heteroatoms. The molecule has 1 saturated carbocycles. The van der Waals surface area contributed by atoms with E-state index in [0.717, 1.165) is 0 Å². The summed E-state index contributed by atoms with van der Waals surface area (Å²) >= 11 is 0. The van der Waals surface area contributed by atoms with Crippen molar-refractivity contribution in [3.05, 3.63) is 0 Å². The smallest absolute Gasteiger partial charge is 0.225 e. The van der Waals surface area contributed by atoms with Gasteiger partial charge in [0.25, 0.3) is 0 Å². The van der Waals surface area contributed by atoms with Gasteiger partial charge in [-0.3, -0.25) is 9.59 Å². The Labute approximate surface area is 103 Å². The molecule has 2 fully saturated rings. The first-order valence-electron chi connectivity index (χ1n) is 6.74. The molecule has 0 bridgehead atoms. The van der Waals surface area contributed by atoms with Crippen LogP contribution in [-0.2, 0) is 9.59 Å². The minimum atomic E-state index is -0.0310. The van der Waals surface area contributed by atoms with Crippen molar-refractivity contribution in [2.45, 2.75) is 51.5 Å². The van der Waals surface area contributed by atoms with E-state index in [0.29, 0.717) is 25.3 Å². The van der Waals surface area contributed by atoms with Gasteiger partial charge in [0.15, 0.2) is 0 Å². The standard InChI is InChI=1S/C13H22N2O2/c1-9(10-4-2-3-5-10)15-13(17)11-6-7-12(16)14-8-11/h9-11H,2-8H2,1H3,(H,14,16)(H,15,17). The molecule has 1 heterocycles. The number of piperidine rings is 1. The minimum Gasteiger partial charge on any atom is -0.355 e. The van der Waals surface area contributed by atoms with Crippen LogP contribution in [0.15, 0.2) is 0 Å². The molecule has 2 amide bonds. The summed E-state index contributed by atoms with van der Waals surface area (Å²) in [4.78, 5) is 23.0. The lowest BCUT2D eigenvalue weighted by molar-refractivity contribution is -0.129. The van der Waals surface area contributed by atoms with Crippen molar-refractivity contribution in [2.24, 2.45) is 11.8 Å². The van der Waals surface area contributed by atoms with Crippen LogP contribution in [-0.4, -0.2) is 24.4 Å². The van der Waals surface area contributed by atoms with Gasteiger partial charge >= 0.3 is 0 Å². The molecule has 1 saturated heterocycles. The predicted octanol–water partition coefficient (Wildman–Crippen LogP) is 1.21. The number of nitrogens with one attached hydrogen (secondary N) is 2. The molecule has 2 atom stereocenters. The maximum absolute atomic E-state index is 12.0. The summed E-state index contributed by atoms with van der Waals surface area (Å²) in [5.74, 6) is 0.802. The largest absolute Gasteiger partial charge is 0.355 e. The van der Waals surface area contributed by atoms with Gasteiger partial charge in [-0.25, -0.2) is 0 Å². The van der Waals surface area contributed by atoms with Gasteiger partial charge in [0, 0.05) is 19.0 Å². The summed E-state index contributed by atoms with van der Waals surface area (Å²) in [6.45, 7) is 2.61. The van der Waals surface area contributed by atoms with Crippen molar-refractivity contribution >= 4 is 11.8 Å². The van der Waals surface area contributed by atoms with Gasteiger partial charge in [-0.1, -0.05) is 12.8 Å². The number of carbonyl (C=O) groups is 2. The van der Waals surface area contributed by atoms with Gasteiger partial charge < -0.3 is 10.6 Å². The van der Waals surface area contributed by atoms with Crippen molar-refractivity contribution in [3.8, 4) is 0 Å². The molecule has 0 spiro atoms. The van der Waals surface area contributed by atoms with Crippen LogP contribution in [0.25, 0.3) is 0 Å². The van der Waals surface area contributed by atoms with Crippen molar-refractivity contribution < 1.29 is 9.59 Å². The minimum absolute atomic E-state index is 0.0310. The monoisotopic (exact) mass is 238 g/mol. The fourth-order valence-corrected chi connectivity index (χ4v) is 2.87. The lowest BCUT2D eigenvalue weighted by Gasteiger charge is -2.26. The van der Waals surface area contributed by atoms with Gasteiger partial charge in [0.05, 0.1) is 5.92 Å². The van der Waals surface area contributed by atoms with Crippen molar-refractivity contribution in [1.82, 2.24) is 10.6 Å². The normalized spacial score (nSPS) is 27.6. The first-order chi connectivity index (χ1) is 8.16. The van der Waals surface area contributed by atoms with Crippen LogP contribution >= 0.6 is 0 Å². The van der Waals surface area contributed by atoms with Crippen LogP contribution in [0.1, 0.15) is 45.4 Å². The Bertz CT molecular complexity index is 288. The van der Waals surface area contributed by atoms with Crippen LogP contribution < -0.4 is 10.6 Å². The van der Waals surface area contributed by atoms with Crippen LogP contribution in [0.5, 0.6) is 0 Å². The highest BCUT2D eigenvalue weighted by molar-refractivity contribution is 5.83. The second-order valence-corrected chi connectivity index (χ2v) is 5.38. The molecule has 2 aliphatic rings. The Morgan fingerprint density at radius 3 is 2.65 bits per heavy atom. The van der Waals surface area contributed by atoms with Gasteiger partial charge in [-0.2, -0.15) is 0 Å². The van der Waals surface area contributed by atoms with Crippen molar-refractivity contribution in [3.63, 3.8) is 0 Å². The first-order valence-corrected chi connectivity index (χ1v) is 6.74. The highest BCUT2D eigenvalue weighted by atomic mass is 16.2. The van der Waals surface area contributed by atoms with E-state index in [-0.39, 0.29) is 23.8 Å². The van der Waals surface area contributed by atoms with Crippen LogP contribution in [0.4, 0.5) is 0 Å². The topological polar surface area (TPSA) is 58.2 Å². The van der Waals surface area contributed by atoms with Crippen LogP contribution in [0.2, 0.25) is 0 Å². The maximum Gasteiger partial charge on any atom is 0.225 e. The summed E-state index contributed by atoms with van der Waals surface area (Å²) in [6.07, 6.45) is 6.24. The number of amides is 2. The molecule has 2 rings (SSSR count). The van der Waals surface area contributed by atoms with Gasteiger partial charge in [0.2, 0.25) is 11.8 Å². The van der Waals surface area contributed by atoms with E-state index >= 15 is 0 Å². The molecule has 0 aromatic rings. The molecule has 1 aliphatic heterocycles. The molecule has 2 unspecified atom stereocenters. The van der Waals surface area contributed by atoms with E-state index in [9.17, 15) is 9.59 Å². The predicted molar refractivity (Wildman–Crippen MR) is 65.3 cm³/mol. The summed E-state index contributed by atoms with van der Waals surface area (Å²) in [5.41, 5.74) is 0. The number of hydrogen-bond acceptors (Lipinski definition) is 2. The number of rotatable bonds is 3. The fourth-order valence-electron chi connectivity index (χ4n) is 2.87. The van der Waals surface area contributed by atoms with E-state index in [1.54, 1.807) is 0 Å². The van der Waals surface area contributed by atoms with Crippen LogP contribution in [0, 0.1) is 11.8 Å². The van der Waals surface area contributed by atoms with Gasteiger partial charge in [-0.05, 0) is 32.1 Å². The summed E-state index contributed by atoms with van der Waals surface area (Å²) in [6, 6.07) is 0.280. The Morgan fingerprint density at radius 1 is 1.35 bits per heavy atom. The van der Waals surface area contributed by atoms with Gasteiger partial charge in [-0.15, -0.1) is 0 Å². The van der Waals surface area contributed by atoms with E-state index < -0.39 is 0 Å². The third-order valence-electron chi connectivity index (χ3n) is 4.11. The molecule has 0 aromatic heterocycles. The third-order valence-corrected chi connectivity index (χ3v) is 4.11. The Kier molecular flexibility index (Phi) is 4.02. The Hall–Kier alpha value is -1.06. The Morgan fingerprint density at radius 2 is 2.06 bits per heavy atom. The zero-order valence-corrected chi connectivity index (χ0v) is 10.5. The van der Waals surface area contributed by atoms with Crippen molar-refractivity contribution in [2.75, 3.05) is 6.54 Å². The molecule has 96 valence electrons. The maximum atomic E-state index is 12.0. The second kappa shape index (κ2) is 5.52. The molecule has 2 N–H and O–H groups in total. The molecule has 1 aliphatic carbocycles. The average molecular weight is 238 g/mol. The third kappa shape index (κ3) is 3.20. The fraction of sp³-hybridized carbons (Fsp3) is 0.846. The van der Waals surface area contributed by atoms with Crippen molar-refractivity contribution in [1.29, 1.82) is 0 Å². The lowest BCUT2D eigenvalue weighted by atomic mass is 9.95. The molecular formula is C13H22N2O2. The summed E-state index contributed by atoms with van der Waals surface area (Å²) in [5, 5.41) is 5.87. The molecule has 17 heavy (non-hydrogen) atoms.